The molecule has 20 heavy (non-hydrogen) atoms. The summed E-state index contributed by atoms with van der Waals surface area (Å²) in [6.45, 7) is 4.11. The third kappa shape index (κ3) is 2.58. The molecule has 1 aromatic heterocycles. The number of methoxy groups -OCH3 is 1. The second-order valence-electron chi connectivity index (χ2n) is 5.08. The van der Waals surface area contributed by atoms with E-state index in [1.54, 1.807) is 7.11 Å². The predicted molar refractivity (Wildman–Crippen MR) is 83.5 cm³/mol. The van der Waals surface area contributed by atoms with Crippen LogP contribution in [0.3, 0.4) is 0 Å². The van der Waals surface area contributed by atoms with Crippen molar-refractivity contribution < 1.29 is 4.74 Å². The first-order valence-corrected chi connectivity index (χ1v) is 8.00. The molecule has 0 amide bonds. The lowest BCUT2D eigenvalue weighted by atomic mass is 9.93. The molecule has 0 fully saturated rings. The van der Waals surface area contributed by atoms with Gasteiger partial charge in [0, 0.05) is 17.0 Å². The van der Waals surface area contributed by atoms with E-state index in [4.69, 9.17) is 9.72 Å². The number of fused-ring (bicyclic) bond motifs is 3. The molecule has 4 heteroatoms. The van der Waals surface area contributed by atoms with Gasteiger partial charge >= 0.3 is 0 Å². The summed E-state index contributed by atoms with van der Waals surface area (Å²) >= 11 is 1.85. The summed E-state index contributed by atoms with van der Waals surface area (Å²) in [6.07, 6.45) is 3.38. The van der Waals surface area contributed by atoms with Crippen LogP contribution in [0.2, 0.25) is 0 Å². The lowest BCUT2D eigenvalue weighted by Gasteiger charge is -2.15. The van der Waals surface area contributed by atoms with E-state index in [0.717, 1.165) is 38.1 Å². The average molecular weight is 288 g/mol. The lowest BCUT2D eigenvalue weighted by molar-refractivity contribution is 0.415. The highest BCUT2D eigenvalue weighted by Gasteiger charge is 2.21. The highest BCUT2D eigenvalue weighted by molar-refractivity contribution is 7.12. The summed E-state index contributed by atoms with van der Waals surface area (Å²) < 4.78 is 5.34. The normalized spacial score (nSPS) is 12.9. The molecule has 106 valence electrons. The van der Waals surface area contributed by atoms with Crippen molar-refractivity contribution in [3.8, 4) is 17.0 Å². The summed E-state index contributed by atoms with van der Waals surface area (Å²) in [6, 6.07) is 6.33. The maximum Gasteiger partial charge on any atom is 0.119 e. The van der Waals surface area contributed by atoms with Crippen LogP contribution in [0.1, 0.15) is 28.8 Å². The molecule has 3 rings (SSSR count). The number of ether oxygens (including phenoxy) is 1. The minimum Gasteiger partial charge on any atom is -0.497 e. The van der Waals surface area contributed by atoms with E-state index < -0.39 is 0 Å². The summed E-state index contributed by atoms with van der Waals surface area (Å²) in [5.41, 5.74) is 3.81. The van der Waals surface area contributed by atoms with Crippen molar-refractivity contribution >= 4 is 11.3 Å². The topological polar surface area (TPSA) is 34.2 Å². The molecular formula is C16H20N2OS. The quantitative estimate of drug-likeness (QED) is 0.856. The Morgan fingerprint density at radius 1 is 1.35 bits per heavy atom. The Labute approximate surface area is 124 Å². The Kier molecular flexibility index (Phi) is 4.03. The molecule has 0 spiro atoms. The molecule has 1 aromatic carbocycles. The number of nitrogens with zero attached hydrogens (tertiary/aromatic N) is 1. The molecule has 1 aliphatic carbocycles. The van der Waals surface area contributed by atoms with Crippen molar-refractivity contribution in [2.45, 2.75) is 32.7 Å². The second-order valence-corrected chi connectivity index (χ2v) is 6.25. The SMILES string of the molecule is CCCNCc1nc2c(s1)CCc1ccc(OC)cc1-2. The highest BCUT2D eigenvalue weighted by atomic mass is 32.1. The molecule has 1 aliphatic rings. The van der Waals surface area contributed by atoms with E-state index in [1.165, 1.54) is 26.7 Å². The number of aryl methyl sites for hydroxylation is 2. The monoisotopic (exact) mass is 288 g/mol. The van der Waals surface area contributed by atoms with E-state index >= 15 is 0 Å². The van der Waals surface area contributed by atoms with Gasteiger partial charge in [-0.05, 0) is 43.5 Å². The zero-order chi connectivity index (χ0) is 13.9. The fourth-order valence-corrected chi connectivity index (χ4v) is 3.65. The van der Waals surface area contributed by atoms with Gasteiger partial charge in [-0.1, -0.05) is 13.0 Å². The molecule has 3 nitrogen and oxygen atoms in total. The molecular weight excluding hydrogens is 268 g/mol. The van der Waals surface area contributed by atoms with E-state index in [-0.39, 0.29) is 0 Å². The molecule has 0 bridgehead atoms. The summed E-state index contributed by atoms with van der Waals surface area (Å²) in [4.78, 5) is 6.26. The highest BCUT2D eigenvalue weighted by Crippen LogP contribution is 2.38. The average Bonchev–Trinajstić information content (AvgIpc) is 2.90. The van der Waals surface area contributed by atoms with Crippen LogP contribution in [0.15, 0.2) is 18.2 Å². The maximum absolute atomic E-state index is 5.34. The predicted octanol–water partition coefficient (Wildman–Crippen LogP) is 3.42. The fraction of sp³-hybridized carbons (Fsp3) is 0.438. The standard InChI is InChI=1S/C16H20N2OS/c1-3-8-17-10-15-18-16-13-9-12(19-2)6-4-11(13)5-7-14(16)20-15/h4,6,9,17H,3,5,7-8,10H2,1-2H3. The van der Waals surface area contributed by atoms with Crippen LogP contribution in [0, 0.1) is 0 Å². The van der Waals surface area contributed by atoms with Crippen LogP contribution in [-0.4, -0.2) is 18.6 Å². The van der Waals surface area contributed by atoms with Crippen LogP contribution >= 0.6 is 11.3 Å². The van der Waals surface area contributed by atoms with Crippen molar-refractivity contribution in [3.05, 3.63) is 33.6 Å². The van der Waals surface area contributed by atoms with Crippen molar-refractivity contribution in [2.75, 3.05) is 13.7 Å². The Bertz CT molecular complexity index is 607. The number of hydrogen-bond acceptors (Lipinski definition) is 4. The lowest BCUT2D eigenvalue weighted by Crippen LogP contribution is -2.13. The number of hydrogen-bond donors (Lipinski definition) is 1. The molecule has 0 saturated carbocycles. The molecule has 0 aliphatic heterocycles. The Morgan fingerprint density at radius 2 is 2.25 bits per heavy atom. The molecule has 1 heterocycles. The van der Waals surface area contributed by atoms with Crippen LogP contribution in [-0.2, 0) is 19.4 Å². The second kappa shape index (κ2) is 5.94. The van der Waals surface area contributed by atoms with Gasteiger partial charge in [-0.25, -0.2) is 4.98 Å². The van der Waals surface area contributed by atoms with E-state index in [2.05, 4.69) is 24.4 Å². The van der Waals surface area contributed by atoms with Crippen molar-refractivity contribution in [2.24, 2.45) is 0 Å². The van der Waals surface area contributed by atoms with E-state index in [0.29, 0.717) is 0 Å². The first kappa shape index (κ1) is 13.6. The van der Waals surface area contributed by atoms with Gasteiger partial charge in [0.1, 0.15) is 10.8 Å². The van der Waals surface area contributed by atoms with Crippen LogP contribution in [0.5, 0.6) is 5.75 Å². The zero-order valence-corrected chi connectivity index (χ0v) is 12.8. The number of nitrogens with one attached hydrogen (secondary N) is 1. The summed E-state index contributed by atoms with van der Waals surface area (Å²) in [5, 5.41) is 4.62. The molecule has 2 aromatic rings. The van der Waals surface area contributed by atoms with Crippen molar-refractivity contribution in [1.82, 2.24) is 10.3 Å². The van der Waals surface area contributed by atoms with Gasteiger partial charge in [-0.2, -0.15) is 0 Å². The minimum atomic E-state index is 0.880. The van der Waals surface area contributed by atoms with Crippen LogP contribution < -0.4 is 10.1 Å². The smallest absolute Gasteiger partial charge is 0.119 e. The van der Waals surface area contributed by atoms with Gasteiger partial charge in [0.15, 0.2) is 0 Å². The Morgan fingerprint density at radius 3 is 3.05 bits per heavy atom. The van der Waals surface area contributed by atoms with Gasteiger partial charge < -0.3 is 10.1 Å². The minimum absolute atomic E-state index is 0.880. The van der Waals surface area contributed by atoms with Gasteiger partial charge in [0.05, 0.1) is 12.8 Å². The Hall–Kier alpha value is -1.39. The fourth-order valence-electron chi connectivity index (χ4n) is 2.60. The number of rotatable bonds is 5. The van der Waals surface area contributed by atoms with E-state index in [9.17, 15) is 0 Å². The van der Waals surface area contributed by atoms with Gasteiger partial charge in [-0.15, -0.1) is 11.3 Å². The molecule has 0 radical (unpaired) electrons. The molecule has 1 N–H and O–H groups in total. The summed E-state index contributed by atoms with van der Waals surface area (Å²) in [7, 11) is 1.71. The number of benzene rings is 1. The Balaban J connectivity index is 1.90. The number of aromatic nitrogens is 1. The first-order chi connectivity index (χ1) is 9.81. The van der Waals surface area contributed by atoms with Crippen LogP contribution in [0.25, 0.3) is 11.3 Å². The molecule has 0 unspecified atom stereocenters. The van der Waals surface area contributed by atoms with Crippen LogP contribution in [0.4, 0.5) is 0 Å². The largest absolute Gasteiger partial charge is 0.497 e. The number of thiazole rings is 1. The third-order valence-corrected chi connectivity index (χ3v) is 4.75. The maximum atomic E-state index is 5.34. The third-order valence-electron chi connectivity index (χ3n) is 3.64. The first-order valence-electron chi connectivity index (χ1n) is 7.18. The van der Waals surface area contributed by atoms with E-state index in [1.807, 2.05) is 17.4 Å². The van der Waals surface area contributed by atoms with Gasteiger partial charge in [-0.3, -0.25) is 0 Å². The van der Waals surface area contributed by atoms with Crippen molar-refractivity contribution in [3.63, 3.8) is 0 Å². The molecule has 0 atom stereocenters. The molecule has 0 saturated heterocycles. The van der Waals surface area contributed by atoms with Gasteiger partial charge in [0.25, 0.3) is 0 Å². The van der Waals surface area contributed by atoms with Gasteiger partial charge in [0.2, 0.25) is 0 Å². The zero-order valence-electron chi connectivity index (χ0n) is 12.0. The van der Waals surface area contributed by atoms with Crippen molar-refractivity contribution in [1.29, 1.82) is 0 Å². The summed E-state index contributed by atoms with van der Waals surface area (Å²) in [5.74, 6) is 0.912.